The zero-order chi connectivity index (χ0) is 15.0. The van der Waals surface area contributed by atoms with E-state index in [4.69, 9.17) is 5.73 Å². The lowest BCUT2D eigenvalue weighted by Gasteiger charge is -2.25. The van der Waals surface area contributed by atoms with Crippen LogP contribution in [0.15, 0.2) is 23.1 Å². The van der Waals surface area contributed by atoms with E-state index < -0.39 is 10.0 Å². The molecule has 2 heterocycles. The van der Waals surface area contributed by atoms with E-state index in [-0.39, 0.29) is 0 Å². The number of benzene rings is 1. The maximum Gasteiger partial charge on any atom is 0.243 e. The number of rotatable bonds is 2. The third kappa shape index (κ3) is 2.80. The number of hydrogen-bond donors (Lipinski definition) is 1. The van der Waals surface area contributed by atoms with Gasteiger partial charge in [-0.1, -0.05) is 0 Å². The lowest BCUT2D eigenvalue weighted by molar-refractivity contribution is 0.257. The number of hydrogen-bond acceptors (Lipinski definition) is 4. The first-order chi connectivity index (χ1) is 9.98. The largest absolute Gasteiger partial charge is 0.399 e. The second kappa shape index (κ2) is 5.59. The molecule has 0 bridgehead atoms. The van der Waals surface area contributed by atoms with E-state index in [1.165, 1.54) is 6.42 Å². The van der Waals surface area contributed by atoms with Crippen molar-refractivity contribution >= 4 is 15.7 Å². The van der Waals surface area contributed by atoms with Gasteiger partial charge >= 0.3 is 0 Å². The van der Waals surface area contributed by atoms with Crippen LogP contribution in [-0.2, 0) is 10.0 Å². The standard InChI is InChI=1S/C15H23N3O2S/c1-12-10-14(5-6-15(12)16)21(19,20)18-9-3-8-17-7-2-4-13(17)11-18/h5-6,10,13H,2-4,7-9,11,16H2,1H3. The molecule has 0 aliphatic carbocycles. The summed E-state index contributed by atoms with van der Waals surface area (Å²) in [6.07, 6.45) is 3.19. The molecule has 2 aliphatic heterocycles. The molecule has 1 unspecified atom stereocenters. The van der Waals surface area contributed by atoms with E-state index in [1.54, 1.807) is 22.5 Å². The molecule has 1 aromatic rings. The fraction of sp³-hybridized carbons (Fsp3) is 0.600. The van der Waals surface area contributed by atoms with E-state index in [9.17, 15) is 8.42 Å². The molecule has 2 N–H and O–H groups in total. The summed E-state index contributed by atoms with van der Waals surface area (Å²) in [6.45, 7) is 5.19. The van der Waals surface area contributed by atoms with Crippen LogP contribution in [0.2, 0.25) is 0 Å². The Balaban J connectivity index is 1.88. The molecule has 116 valence electrons. The molecule has 0 saturated carbocycles. The van der Waals surface area contributed by atoms with Gasteiger partial charge in [0.1, 0.15) is 0 Å². The molecule has 0 amide bonds. The molecule has 2 aliphatic rings. The maximum absolute atomic E-state index is 12.9. The number of aryl methyl sites for hydroxylation is 1. The van der Waals surface area contributed by atoms with E-state index in [0.29, 0.717) is 29.7 Å². The fourth-order valence-corrected chi connectivity index (χ4v) is 4.95. The predicted octanol–water partition coefficient (Wildman–Crippen LogP) is 1.44. The minimum absolute atomic E-state index is 0.362. The first-order valence-electron chi connectivity index (χ1n) is 7.59. The molecule has 6 heteroatoms. The van der Waals surface area contributed by atoms with Gasteiger partial charge in [0.15, 0.2) is 0 Å². The number of anilines is 1. The zero-order valence-electron chi connectivity index (χ0n) is 12.5. The van der Waals surface area contributed by atoms with Crippen molar-refractivity contribution < 1.29 is 8.42 Å². The Bertz CT molecular complexity index is 630. The molecular weight excluding hydrogens is 286 g/mol. The zero-order valence-corrected chi connectivity index (χ0v) is 13.3. The Hall–Kier alpha value is -1.11. The van der Waals surface area contributed by atoms with Gasteiger partial charge in [0.25, 0.3) is 0 Å². The number of fused-ring (bicyclic) bond motifs is 1. The van der Waals surface area contributed by atoms with Gasteiger partial charge in [-0.2, -0.15) is 4.31 Å². The van der Waals surface area contributed by atoms with Gasteiger partial charge in [0.05, 0.1) is 4.90 Å². The van der Waals surface area contributed by atoms with Gasteiger partial charge in [-0.15, -0.1) is 0 Å². The number of nitrogens with zero attached hydrogens (tertiary/aromatic N) is 2. The van der Waals surface area contributed by atoms with E-state index in [0.717, 1.165) is 31.5 Å². The normalized spacial score (nSPS) is 24.7. The molecule has 3 rings (SSSR count). The van der Waals surface area contributed by atoms with Crippen LogP contribution in [0.3, 0.4) is 0 Å². The molecule has 5 nitrogen and oxygen atoms in total. The topological polar surface area (TPSA) is 66.6 Å². The third-order valence-corrected chi connectivity index (χ3v) is 6.51. The van der Waals surface area contributed by atoms with Crippen LogP contribution in [0.25, 0.3) is 0 Å². The summed E-state index contributed by atoms with van der Waals surface area (Å²) in [5.74, 6) is 0. The van der Waals surface area contributed by atoms with E-state index in [1.807, 2.05) is 6.92 Å². The summed E-state index contributed by atoms with van der Waals surface area (Å²) in [6, 6.07) is 5.37. The van der Waals surface area contributed by atoms with Crippen molar-refractivity contribution in [1.82, 2.24) is 9.21 Å². The summed E-state index contributed by atoms with van der Waals surface area (Å²) in [7, 11) is -3.41. The second-order valence-corrected chi connectivity index (χ2v) is 8.00. The minimum atomic E-state index is -3.41. The first-order valence-corrected chi connectivity index (χ1v) is 9.03. The maximum atomic E-state index is 12.9. The molecule has 21 heavy (non-hydrogen) atoms. The van der Waals surface area contributed by atoms with Gasteiger partial charge in [0, 0.05) is 24.8 Å². The Morgan fingerprint density at radius 2 is 1.95 bits per heavy atom. The molecule has 2 fully saturated rings. The Morgan fingerprint density at radius 1 is 1.19 bits per heavy atom. The third-order valence-electron chi connectivity index (χ3n) is 4.65. The lowest BCUT2D eigenvalue weighted by Crippen LogP contribution is -2.39. The molecule has 2 saturated heterocycles. The Morgan fingerprint density at radius 3 is 2.71 bits per heavy atom. The predicted molar refractivity (Wildman–Crippen MR) is 83.6 cm³/mol. The van der Waals surface area contributed by atoms with Crippen molar-refractivity contribution in [3.63, 3.8) is 0 Å². The van der Waals surface area contributed by atoms with Gasteiger partial charge in [-0.3, -0.25) is 4.90 Å². The average molecular weight is 309 g/mol. The summed E-state index contributed by atoms with van der Waals surface area (Å²) >= 11 is 0. The second-order valence-electron chi connectivity index (χ2n) is 6.07. The Labute approximate surface area is 126 Å². The van der Waals surface area contributed by atoms with Crippen LogP contribution >= 0.6 is 0 Å². The smallest absolute Gasteiger partial charge is 0.243 e. The lowest BCUT2D eigenvalue weighted by atomic mass is 10.2. The van der Waals surface area contributed by atoms with Crippen molar-refractivity contribution in [2.45, 2.75) is 37.1 Å². The first kappa shape index (κ1) is 14.8. The summed E-state index contributed by atoms with van der Waals surface area (Å²) in [5, 5.41) is 0. The quantitative estimate of drug-likeness (QED) is 0.840. The summed E-state index contributed by atoms with van der Waals surface area (Å²) in [5.41, 5.74) is 7.24. The molecule has 0 aromatic heterocycles. The van der Waals surface area contributed by atoms with E-state index in [2.05, 4.69) is 4.90 Å². The molecular formula is C15H23N3O2S. The molecule has 0 spiro atoms. The Kier molecular flexibility index (Phi) is 3.94. The van der Waals surface area contributed by atoms with Crippen LogP contribution in [0.4, 0.5) is 5.69 Å². The van der Waals surface area contributed by atoms with Gasteiger partial charge < -0.3 is 5.73 Å². The molecule has 1 atom stereocenters. The highest BCUT2D eigenvalue weighted by Gasteiger charge is 2.34. The van der Waals surface area contributed by atoms with Crippen LogP contribution in [0, 0.1) is 6.92 Å². The minimum Gasteiger partial charge on any atom is -0.399 e. The van der Waals surface area contributed by atoms with Crippen molar-refractivity contribution in [1.29, 1.82) is 0 Å². The van der Waals surface area contributed by atoms with Crippen LogP contribution in [0.5, 0.6) is 0 Å². The summed E-state index contributed by atoms with van der Waals surface area (Å²) < 4.78 is 27.4. The van der Waals surface area contributed by atoms with E-state index >= 15 is 0 Å². The fourth-order valence-electron chi connectivity index (χ4n) is 3.35. The van der Waals surface area contributed by atoms with Gasteiger partial charge in [-0.05, 0) is 63.0 Å². The van der Waals surface area contributed by atoms with Crippen molar-refractivity contribution in [3.05, 3.63) is 23.8 Å². The highest BCUT2D eigenvalue weighted by molar-refractivity contribution is 7.89. The van der Waals surface area contributed by atoms with Crippen LogP contribution in [0.1, 0.15) is 24.8 Å². The average Bonchev–Trinajstić information content (AvgIpc) is 2.78. The molecule has 1 aromatic carbocycles. The van der Waals surface area contributed by atoms with Crippen LogP contribution in [-0.4, -0.2) is 49.8 Å². The number of sulfonamides is 1. The summed E-state index contributed by atoms with van der Waals surface area (Å²) in [4.78, 5) is 2.80. The SMILES string of the molecule is Cc1cc(S(=O)(=O)N2CCCN3CCCC3C2)ccc1N. The number of nitrogens with two attached hydrogens (primary N) is 1. The van der Waals surface area contributed by atoms with Gasteiger partial charge in [0.2, 0.25) is 10.0 Å². The van der Waals surface area contributed by atoms with Crippen molar-refractivity contribution in [2.24, 2.45) is 0 Å². The number of nitrogen functional groups attached to an aromatic ring is 1. The van der Waals surface area contributed by atoms with Crippen LogP contribution < -0.4 is 5.73 Å². The van der Waals surface area contributed by atoms with Gasteiger partial charge in [-0.25, -0.2) is 8.42 Å². The molecule has 0 radical (unpaired) electrons. The highest BCUT2D eigenvalue weighted by atomic mass is 32.2. The monoisotopic (exact) mass is 309 g/mol. The highest BCUT2D eigenvalue weighted by Crippen LogP contribution is 2.26. The van der Waals surface area contributed by atoms with Crippen molar-refractivity contribution in [2.75, 3.05) is 31.9 Å². The van der Waals surface area contributed by atoms with Crippen molar-refractivity contribution in [3.8, 4) is 0 Å².